The van der Waals surface area contributed by atoms with E-state index in [2.05, 4.69) is 10.3 Å². The summed E-state index contributed by atoms with van der Waals surface area (Å²) in [6.07, 6.45) is 1.73. The van der Waals surface area contributed by atoms with Crippen LogP contribution in [0.3, 0.4) is 0 Å². The number of nitrogens with zero attached hydrogens (tertiary/aromatic N) is 3. The number of aryl methyl sites for hydroxylation is 2. The zero-order valence-corrected chi connectivity index (χ0v) is 17.4. The molecular formula is C23H25N5O3. The number of amides is 2. The van der Waals surface area contributed by atoms with E-state index >= 15 is 0 Å². The Kier molecular flexibility index (Phi) is 5.81. The predicted octanol–water partition coefficient (Wildman–Crippen LogP) is 1.19. The molecule has 1 fully saturated rings. The van der Waals surface area contributed by atoms with Crippen LogP contribution >= 0.6 is 0 Å². The summed E-state index contributed by atoms with van der Waals surface area (Å²) in [4.78, 5) is 44.2. The molecule has 1 saturated heterocycles. The Morgan fingerprint density at radius 1 is 1.19 bits per heavy atom. The van der Waals surface area contributed by atoms with Crippen LogP contribution in [0.2, 0.25) is 0 Å². The van der Waals surface area contributed by atoms with E-state index in [0.29, 0.717) is 30.7 Å². The summed E-state index contributed by atoms with van der Waals surface area (Å²) in [5.41, 5.74) is 7.85. The first-order chi connectivity index (χ1) is 14.9. The number of nitrogens with one attached hydrogen (secondary N) is 1. The molecule has 160 valence electrons. The molecule has 1 aromatic carbocycles. The molecule has 3 aromatic rings. The van der Waals surface area contributed by atoms with E-state index in [1.54, 1.807) is 29.3 Å². The van der Waals surface area contributed by atoms with Crippen LogP contribution in [0.1, 0.15) is 27.9 Å². The molecule has 0 atom stereocenters. The minimum absolute atomic E-state index is 0.0229. The number of pyridine rings is 2. The van der Waals surface area contributed by atoms with Crippen LogP contribution in [-0.2, 0) is 17.9 Å². The maximum atomic E-state index is 13.1. The summed E-state index contributed by atoms with van der Waals surface area (Å²) < 4.78 is 1.41. The van der Waals surface area contributed by atoms with Crippen molar-refractivity contribution in [1.82, 2.24) is 19.8 Å². The molecule has 0 bridgehead atoms. The molecule has 2 amide bonds. The number of fused-ring (bicyclic) bond motifs is 1. The van der Waals surface area contributed by atoms with Crippen molar-refractivity contribution in [2.75, 3.05) is 13.1 Å². The fourth-order valence-corrected chi connectivity index (χ4v) is 3.64. The second-order valence-electron chi connectivity index (χ2n) is 7.91. The number of carbonyl (C=O) groups is 2. The van der Waals surface area contributed by atoms with Crippen LogP contribution < -0.4 is 16.6 Å². The zero-order chi connectivity index (χ0) is 22.0. The second-order valence-corrected chi connectivity index (χ2v) is 7.91. The molecule has 0 radical (unpaired) electrons. The summed E-state index contributed by atoms with van der Waals surface area (Å²) >= 11 is 0. The van der Waals surface area contributed by atoms with Crippen LogP contribution in [-0.4, -0.2) is 45.4 Å². The second kappa shape index (κ2) is 8.69. The topological polar surface area (TPSA) is 110 Å². The molecule has 0 unspecified atom stereocenters. The van der Waals surface area contributed by atoms with E-state index in [1.165, 1.54) is 4.57 Å². The third kappa shape index (κ3) is 4.49. The number of benzene rings is 1. The average molecular weight is 419 g/mol. The Morgan fingerprint density at radius 3 is 2.65 bits per heavy atom. The van der Waals surface area contributed by atoms with E-state index in [0.717, 1.165) is 11.1 Å². The van der Waals surface area contributed by atoms with Gasteiger partial charge >= 0.3 is 0 Å². The van der Waals surface area contributed by atoms with Crippen molar-refractivity contribution in [2.24, 2.45) is 5.73 Å². The lowest BCUT2D eigenvalue weighted by Gasteiger charge is -2.37. The number of likely N-dealkylation sites (tertiary alicyclic amines) is 1. The summed E-state index contributed by atoms with van der Waals surface area (Å²) in [6.45, 7) is 3.53. The monoisotopic (exact) mass is 419 g/mol. The average Bonchev–Trinajstić information content (AvgIpc) is 2.75. The molecule has 0 spiro atoms. The van der Waals surface area contributed by atoms with Crippen LogP contribution in [0, 0.1) is 6.92 Å². The van der Waals surface area contributed by atoms with E-state index in [9.17, 15) is 14.4 Å². The molecule has 1 aliphatic heterocycles. The Morgan fingerprint density at radius 2 is 1.94 bits per heavy atom. The zero-order valence-electron chi connectivity index (χ0n) is 17.4. The molecule has 3 N–H and O–H groups in total. The minimum Gasteiger partial charge on any atom is -0.348 e. The summed E-state index contributed by atoms with van der Waals surface area (Å²) in [6, 6.07) is 12.9. The van der Waals surface area contributed by atoms with E-state index in [-0.39, 0.29) is 30.5 Å². The number of hydrogen-bond donors (Lipinski definition) is 2. The number of nitrogens with two attached hydrogens (primary N) is 1. The lowest BCUT2D eigenvalue weighted by atomic mass is 10.1. The fourth-order valence-electron chi connectivity index (χ4n) is 3.64. The standard InChI is InChI=1S/C23H25N5O3/c1-15-4-6-16(7-5-15)12-26-22(30)19-11-17-3-2-9-25-21(17)28(23(19)31)10-8-20(29)27-13-18(24)14-27/h2-7,9,11,18H,8,10,12-14,24H2,1H3,(H,26,30). The lowest BCUT2D eigenvalue weighted by molar-refractivity contribution is -0.135. The van der Waals surface area contributed by atoms with Gasteiger partial charge in [0.2, 0.25) is 5.91 Å². The number of carbonyl (C=O) groups excluding carboxylic acids is 2. The van der Waals surface area contributed by atoms with Gasteiger partial charge in [0.05, 0.1) is 0 Å². The number of aromatic nitrogens is 2. The first kappa shape index (κ1) is 20.7. The molecule has 8 heteroatoms. The van der Waals surface area contributed by atoms with Gasteiger partial charge in [0.25, 0.3) is 11.5 Å². The molecule has 8 nitrogen and oxygen atoms in total. The maximum Gasteiger partial charge on any atom is 0.265 e. The SMILES string of the molecule is Cc1ccc(CNC(=O)c2cc3cccnc3n(CCC(=O)N3CC(N)C3)c2=O)cc1. The van der Waals surface area contributed by atoms with Gasteiger partial charge < -0.3 is 16.0 Å². The van der Waals surface area contributed by atoms with E-state index in [1.807, 2.05) is 31.2 Å². The van der Waals surface area contributed by atoms with Crippen LogP contribution in [0.5, 0.6) is 0 Å². The molecule has 2 aromatic heterocycles. The van der Waals surface area contributed by atoms with Gasteiger partial charge in [0.1, 0.15) is 11.2 Å². The van der Waals surface area contributed by atoms with E-state index in [4.69, 9.17) is 5.73 Å². The first-order valence-corrected chi connectivity index (χ1v) is 10.3. The molecule has 1 aliphatic rings. The molecule has 4 rings (SSSR count). The Labute approximate surface area is 179 Å². The minimum atomic E-state index is -0.458. The van der Waals surface area contributed by atoms with Crippen molar-refractivity contribution in [3.05, 3.63) is 75.7 Å². The predicted molar refractivity (Wildman–Crippen MR) is 118 cm³/mol. The van der Waals surface area contributed by atoms with Crippen molar-refractivity contribution in [1.29, 1.82) is 0 Å². The van der Waals surface area contributed by atoms with Crippen LogP contribution in [0.25, 0.3) is 11.0 Å². The highest BCUT2D eigenvalue weighted by Gasteiger charge is 2.27. The highest BCUT2D eigenvalue weighted by Crippen LogP contribution is 2.13. The van der Waals surface area contributed by atoms with Gasteiger partial charge in [-0.3, -0.25) is 19.0 Å². The van der Waals surface area contributed by atoms with Gasteiger partial charge in [0.15, 0.2) is 0 Å². The summed E-state index contributed by atoms with van der Waals surface area (Å²) in [7, 11) is 0. The summed E-state index contributed by atoms with van der Waals surface area (Å²) in [5, 5.41) is 3.48. The smallest absolute Gasteiger partial charge is 0.265 e. The third-order valence-electron chi connectivity index (χ3n) is 5.48. The molecular weight excluding hydrogens is 394 g/mol. The molecule has 31 heavy (non-hydrogen) atoms. The first-order valence-electron chi connectivity index (χ1n) is 10.3. The Hall–Kier alpha value is -3.52. The van der Waals surface area contributed by atoms with Gasteiger partial charge in [-0.1, -0.05) is 29.8 Å². The number of rotatable bonds is 6. The highest BCUT2D eigenvalue weighted by atomic mass is 16.2. The largest absolute Gasteiger partial charge is 0.348 e. The van der Waals surface area contributed by atoms with Gasteiger partial charge in [-0.15, -0.1) is 0 Å². The Balaban J connectivity index is 1.56. The van der Waals surface area contributed by atoms with Gasteiger partial charge in [0, 0.05) is 50.2 Å². The third-order valence-corrected chi connectivity index (χ3v) is 5.48. The van der Waals surface area contributed by atoms with Crippen molar-refractivity contribution >= 4 is 22.8 Å². The number of hydrogen-bond acceptors (Lipinski definition) is 5. The lowest BCUT2D eigenvalue weighted by Crippen LogP contribution is -2.58. The van der Waals surface area contributed by atoms with Crippen molar-refractivity contribution in [2.45, 2.75) is 32.5 Å². The van der Waals surface area contributed by atoms with Gasteiger partial charge in [-0.05, 0) is 30.7 Å². The van der Waals surface area contributed by atoms with E-state index < -0.39 is 11.5 Å². The van der Waals surface area contributed by atoms with Gasteiger partial charge in [-0.25, -0.2) is 4.98 Å². The Bertz CT molecular complexity index is 1180. The molecule has 0 aliphatic carbocycles. The highest BCUT2D eigenvalue weighted by molar-refractivity contribution is 5.96. The maximum absolute atomic E-state index is 13.1. The molecule has 3 heterocycles. The van der Waals surface area contributed by atoms with Crippen LogP contribution in [0.4, 0.5) is 0 Å². The molecule has 0 saturated carbocycles. The van der Waals surface area contributed by atoms with Crippen LogP contribution in [0.15, 0.2) is 53.5 Å². The fraction of sp³-hybridized carbons (Fsp3) is 0.304. The normalized spacial score (nSPS) is 13.8. The van der Waals surface area contributed by atoms with Crippen molar-refractivity contribution in [3.8, 4) is 0 Å². The quantitative estimate of drug-likeness (QED) is 0.624. The van der Waals surface area contributed by atoms with Crippen molar-refractivity contribution < 1.29 is 9.59 Å². The van der Waals surface area contributed by atoms with Gasteiger partial charge in [-0.2, -0.15) is 0 Å². The summed E-state index contributed by atoms with van der Waals surface area (Å²) in [5.74, 6) is -0.517. The van der Waals surface area contributed by atoms with Crippen molar-refractivity contribution in [3.63, 3.8) is 0 Å².